The van der Waals surface area contributed by atoms with Crippen LogP contribution in [0.3, 0.4) is 0 Å². The standard InChI is InChI=1S/C21H22F2N4O.C2HF3O2/c1-27-12-11-15(24-20(28)21(22,23)14-7-3-2-4-8-14)13-18(27)19-25-16-9-5-6-10-17(16)26-19;3-2(4,5)1(6)7/h2-10,15,18H,11-13H2,1H3,(H,24,28)(H,25,26);(H,6,7)/t15-,18-;/m1./s1. The number of imidazole rings is 1. The molecule has 2 aromatic carbocycles. The zero-order chi connectivity index (χ0) is 25.8. The van der Waals surface area contributed by atoms with Crippen LogP contribution in [0.5, 0.6) is 0 Å². The van der Waals surface area contributed by atoms with Crippen molar-refractivity contribution in [2.24, 2.45) is 0 Å². The van der Waals surface area contributed by atoms with Crippen molar-refractivity contribution >= 4 is 22.9 Å². The Morgan fingerprint density at radius 1 is 1.06 bits per heavy atom. The highest BCUT2D eigenvalue weighted by atomic mass is 19.4. The van der Waals surface area contributed by atoms with Gasteiger partial charge in [-0.25, -0.2) is 9.78 Å². The Labute approximate surface area is 197 Å². The van der Waals surface area contributed by atoms with Crippen molar-refractivity contribution in [3.63, 3.8) is 0 Å². The molecular weight excluding hydrogens is 475 g/mol. The van der Waals surface area contributed by atoms with E-state index in [0.717, 1.165) is 16.9 Å². The normalized spacial score (nSPS) is 19.0. The maximum absolute atomic E-state index is 14.5. The number of H-pyrrole nitrogens is 1. The second-order valence-corrected chi connectivity index (χ2v) is 8.07. The van der Waals surface area contributed by atoms with Gasteiger partial charge in [0, 0.05) is 18.2 Å². The van der Waals surface area contributed by atoms with E-state index in [1.165, 1.54) is 24.3 Å². The smallest absolute Gasteiger partial charge is 0.475 e. The topological polar surface area (TPSA) is 98.3 Å². The van der Waals surface area contributed by atoms with Crippen LogP contribution in [0.4, 0.5) is 22.0 Å². The molecule has 0 unspecified atom stereocenters. The number of likely N-dealkylation sites (tertiary alicyclic amines) is 1. The molecule has 2 atom stereocenters. The molecule has 0 saturated carbocycles. The zero-order valence-electron chi connectivity index (χ0n) is 18.5. The molecule has 1 amide bonds. The number of para-hydroxylation sites is 2. The highest BCUT2D eigenvalue weighted by molar-refractivity contribution is 5.85. The molecule has 1 aliphatic rings. The van der Waals surface area contributed by atoms with E-state index in [-0.39, 0.29) is 17.6 Å². The number of piperidine rings is 1. The minimum Gasteiger partial charge on any atom is -0.475 e. The van der Waals surface area contributed by atoms with Crippen molar-refractivity contribution in [2.75, 3.05) is 13.6 Å². The molecule has 1 saturated heterocycles. The largest absolute Gasteiger partial charge is 0.490 e. The number of aliphatic carboxylic acids is 1. The number of fused-ring (bicyclic) bond motifs is 1. The lowest BCUT2D eigenvalue weighted by Crippen LogP contribution is -2.49. The van der Waals surface area contributed by atoms with Crippen molar-refractivity contribution < 1.29 is 36.6 Å². The predicted molar refractivity (Wildman–Crippen MR) is 117 cm³/mol. The number of alkyl halides is 5. The van der Waals surface area contributed by atoms with E-state index in [9.17, 15) is 26.7 Å². The first-order chi connectivity index (χ1) is 16.4. The molecule has 1 aromatic heterocycles. The number of aromatic amines is 1. The molecule has 1 aliphatic heterocycles. The van der Waals surface area contributed by atoms with Gasteiger partial charge in [-0.3, -0.25) is 9.69 Å². The summed E-state index contributed by atoms with van der Waals surface area (Å²) in [6, 6.07) is 14.5. The highest BCUT2D eigenvalue weighted by Gasteiger charge is 2.42. The van der Waals surface area contributed by atoms with E-state index >= 15 is 0 Å². The quantitative estimate of drug-likeness (QED) is 0.468. The molecule has 3 N–H and O–H groups in total. The van der Waals surface area contributed by atoms with Crippen LogP contribution in [0, 0.1) is 0 Å². The van der Waals surface area contributed by atoms with Crippen LogP contribution in [0.15, 0.2) is 54.6 Å². The summed E-state index contributed by atoms with van der Waals surface area (Å²) < 4.78 is 60.7. The Morgan fingerprint density at radius 3 is 2.26 bits per heavy atom. The van der Waals surface area contributed by atoms with E-state index in [1.54, 1.807) is 6.07 Å². The lowest BCUT2D eigenvalue weighted by molar-refractivity contribution is -0.192. The van der Waals surface area contributed by atoms with Gasteiger partial charge in [-0.1, -0.05) is 42.5 Å². The van der Waals surface area contributed by atoms with Crippen LogP contribution in [0.1, 0.15) is 30.3 Å². The van der Waals surface area contributed by atoms with Gasteiger partial charge >= 0.3 is 18.1 Å². The summed E-state index contributed by atoms with van der Waals surface area (Å²) in [5.74, 6) is -6.78. The fourth-order valence-electron chi connectivity index (χ4n) is 3.72. The predicted octanol–water partition coefficient (Wildman–Crippen LogP) is 4.24. The summed E-state index contributed by atoms with van der Waals surface area (Å²) in [6.45, 7) is 0.684. The number of benzene rings is 2. The number of hydrogen-bond donors (Lipinski definition) is 3. The third-order valence-electron chi connectivity index (χ3n) is 5.59. The number of nitrogens with one attached hydrogen (secondary N) is 2. The Balaban J connectivity index is 0.000000429. The fourth-order valence-corrected chi connectivity index (χ4v) is 3.72. The third kappa shape index (κ3) is 6.32. The van der Waals surface area contributed by atoms with E-state index in [2.05, 4.69) is 20.2 Å². The summed E-state index contributed by atoms with van der Waals surface area (Å²) in [5, 5.41) is 9.68. The number of carboxylic acid groups (broad SMARTS) is 1. The maximum Gasteiger partial charge on any atom is 0.490 e. The number of hydrogen-bond acceptors (Lipinski definition) is 4. The van der Waals surface area contributed by atoms with Crippen LogP contribution < -0.4 is 5.32 Å². The second kappa shape index (κ2) is 10.4. The van der Waals surface area contributed by atoms with Crippen LogP contribution in [0.25, 0.3) is 11.0 Å². The maximum atomic E-state index is 14.5. The number of nitrogens with zero attached hydrogens (tertiary/aromatic N) is 2. The number of rotatable bonds is 4. The minimum atomic E-state index is -5.08. The van der Waals surface area contributed by atoms with E-state index in [1.807, 2.05) is 31.3 Å². The Hall–Kier alpha value is -3.54. The van der Waals surface area contributed by atoms with Crippen LogP contribution >= 0.6 is 0 Å². The average molecular weight is 498 g/mol. The van der Waals surface area contributed by atoms with Gasteiger partial charge in [-0.15, -0.1) is 0 Å². The summed E-state index contributed by atoms with van der Waals surface area (Å²) >= 11 is 0. The van der Waals surface area contributed by atoms with Crippen molar-refractivity contribution in [3.8, 4) is 0 Å². The van der Waals surface area contributed by atoms with Crippen molar-refractivity contribution in [1.29, 1.82) is 0 Å². The number of halogens is 5. The van der Waals surface area contributed by atoms with Crippen molar-refractivity contribution in [1.82, 2.24) is 20.2 Å². The molecule has 1 fully saturated rings. The lowest BCUT2D eigenvalue weighted by atomic mass is 9.96. The number of carboxylic acids is 1. The first kappa shape index (κ1) is 26.1. The molecule has 7 nitrogen and oxygen atoms in total. The first-order valence-electron chi connectivity index (χ1n) is 10.6. The molecule has 4 rings (SSSR count). The summed E-state index contributed by atoms with van der Waals surface area (Å²) in [7, 11) is 1.98. The summed E-state index contributed by atoms with van der Waals surface area (Å²) in [6.07, 6.45) is -3.95. The van der Waals surface area contributed by atoms with Crippen LogP contribution in [0.2, 0.25) is 0 Å². The summed E-state index contributed by atoms with van der Waals surface area (Å²) in [4.78, 5) is 31.3. The number of aromatic nitrogens is 2. The molecule has 0 radical (unpaired) electrons. The highest BCUT2D eigenvalue weighted by Crippen LogP contribution is 2.32. The number of amides is 1. The van der Waals surface area contributed by atoms with Crippen LogP contribution in [-0.2, 0) is 15.5 Å². The summed E-state index contributed by atoms with van der Waals surface area (Å²) in [5.41, 5.74) is 1.51. The molecule has 2 heterocycles. The molecule has 3 aromatic rings. The molecule has 0 bridgehead atoms. The Morgan fingerprint density at radius 2 is 1.66 bits per heavy atom. The van der Waals surface area contributed by atoms with Gasteiger partial charge in [0.15, 0.2) is 0 Å². The monoisotopic (exact) mass is 498 g/mol. The van der Waals surface area contributed by atoms with Gasteiger partial charge in [-0.05, 0) is 32.0 Å². The van der Waals surface area contributed by atoms with Gasteiger partial charge in [0.25, 0.3) is 5.91 Å². The first-order valence-corrected chi connectivity index (χ1v) is 10.6. The molecule has 188 valence electrons. The van der Waals surface area contributed by atoms with Crippen LogP contribution in [-0.4, -0.2) is 57.7 Å². The van der Waals surface area contributed by atoms with Gasteiger partial charge in [-0.2, -0.15) is 22.0 Å². The number of carbonyl (C=O) groups excluding carboxylic acids is 1. The van der Waals surface area contributed by atoms with E-state index in [4.69, 9.17) is 9.90 Å². The van der Waals surface area contributed by atoms with E-state index in [0.29, 0.717) is 19.4 Å². The molecule has 0 aliphatic carbocycles. The molecule has 0 spiro atoms. The molecule has 35 heavy (non-hydrogen) atoms. The molecular formula is C23H23F5N4O3. The fraction of sp³-hybridized carbons (Fsp3) is 0.348. The minimum absolute atomic E-state index is 0.0724. The zero-order valence-corrected chi connectivity index (χ0v) is 18.5. The Kier molecular flexibility index (Phi) is 7.73. The van der Waals surface area contributed by atoms with Crippen molar-refractivity contribution in [3.05, 3.63) is 66.0 Å². The number of carbonyl (C=O) groups is 2. The van der Waals surface area contributed by atoms with Gasteiger partial charge in [0.05, 0.1) is 17.1 Å². The van der Waals surface area contributed by atoms with E-state index < -0.39 is 24.0 Å². The average Bonchev–Trinajstić information content (AvgIpc) is 3.24. The lowest BCUT2D eigenvalue weighted by Gasteiger charge is -2.36. The third-order valence-corrected chi connectivity index (χ3v) is 5.59. The SMILES string of the molecule is CN1CC[C@@H](NC(=O)C(F)(F)c2ccccc2)C[C@@H]1c1nc2ccccc2[nH]1.O=C(O)C(F)(F)F. The Bertz CT molecular complexity index is 1130. The van der Waals surface area contributed by atoms with Gasteiger partial charge < -0.3 is 15.4 Å². The van der Waals surface area contributed by atoms with Crippen molar-refractivity contribution in [2.45, 2.75) is 37.0 Å². The molecule has 12 heteroatoms. The van der Waals surface area contributed by atoms with Gasteiger partial charge in [0.2, 0.25) is 0 Å². The second-order valence-electron chi connectivity index (χ2n) is 8.07. The van der Waals surface area contributed by atoms with Gasteiger partial charge in [0.1, 0.15) is 5.82 Å².